The van der Waals surface area contributed by atoms with Crippen LogP contribution in [0.4, 0.5) is 0 Å². The van der Waals surface area contributed by atoms with Crippen LogP contribution in [0.15, 0.2) is 12.2 Å². The molecular weight excluding hydrogens is 1290 g/mol. The number of hydrogen-bond acceptors (Lipinski definition) is 12. The van der Waals surface area contributed by atoms with Crippen LogP contribution in [0.25, 0.3) is 0 Å². The standard InChI is InChI=1S/C62H111N11O12.Au/c1-25-27-28-40(15)52(75)51-56(79)65-43(26-2)58(81)67(18)33-48(74)68(19)44(29-34(3)4)55(78)66-49(38(11)12)61(84)69(20)45(30-35(5)6)54(77)63-41(16)53(76)64-42(17)57(80)70(21)46(31-36(7)8)59(82)71(22)47(32-37(9)10)60(83)72(23)50(39(13)14)62(85)73(51)24;/h25,27,34-47,49-52,75H,26,28-33H2,1-24H3,(H,63,77)(H,64,76)(H,65,79)(H,66,78);/q;+1/b27-25+;/t40-,41+,42-,43+,44+,45+,46+,47+,49+,50+,51+,52-;/m1./s1. The molecule has 0 bridgehead atoms. The molecule has 5 N–H and O–H groups in total. The minimum Gasteiger partial charge on any atom is -0.390 e. The van der Waals surface area contributed by atoms with Crippen LogP contribution < -0.4 is 21.3 Å². The molecular formula is C62H111AuN11O12+. The summed E-state index contributed by atoms with van der Waals surface area (Å²) in [6.45, 7) is 29.3. The van der Waals surface area contributed by atoms with Gasteiger partial charge in [0.1, 0.15) is 60.4 Å². The summed E-state index contributed by atoms with van der Waals surface area (Å²) in [6, 6.07) is -12.3. The fourth-order valence-electron chi connectivity index (χ4n) is 10.7. The maximum atomic E-state index is 15.1. The van der Waals surface area contributed by atoms with Crippen molar-refractivity contribution in [1.82, 2.24) is 55.6 Å². The van der Waals surface area contributed by atoms with E-state index in [0.717, 1.165) is 9.80 Å². The fraction of sp³-hybridized carbons (Fsp3) is 0.790. The van der Waals surface area contributed by atoms with Crippen LogP contribution in [0.1, 0.15) is 156 Å². The summed E-state index contributed by atoms with van der Waals surface area (Å²) >= 11 is 0. The van der Waals surface area contributed by atoms with E-state index in [0.29, 0.717) is 6.42 Å². The van der Waals surface area contributed by atoms with E-state index in [1.165, 1.54) is 87.7 Å². The van der Waals surface area contributed by atoms with E-state index < -0.39 is 156 Å². The minimum atomic E-state index is -1.61. The fourth-order valence-corrected chi connectivity index (χ4v) is 10.7. The molecule has 496 valence electrons. The molecule has 0 aliphatic carbocycles. The van der Waals surface area contributed by atoms with Crippen molar-refractivity contribution in [2.75, 3.05) is 55.9 Å². The van der Waals surface area contributed by atoms with Gasteiger partial charge in [0.15, 0.2) is 0 Å². The van der Waals surface area contributed by atoms with Crippen LogP contribution in [0.3, 0.4) is 0 Å². The van der Waals surface area contributed by atoms with Gasteiger partial charge in [0.25, 0.3) is 0 Å². The number of carbonyl (C=O) groups is 11. The van der Waals surface area contributed by atoms with Crippen molar-refractivity contribution in [1.29, 1.82) is 0 Å². The molecule has 1 aliphatic heterocycles. The molecule has 0 spiro atoms. The SMILES string of the molecule is C/C=C/C[C@@H](C)[C@@H](O)[C@H]1C(=O)N[C@@H](CC)C(=O)N(C)CC(=O)N(C)[C@@H](CC(C)C)C(=O)N[C@@H](C(C)C)C(=O)N(C)[C@@H](CC(C)C)C(=O)N[C@@H](C)C(=O)N[C@H](C)C(=O)N(C)[C@@H](CC(C)C)C(=O)N(C)[C@@H](CC(C)C)C(=O)N(C)[C@@H](C(C)C)C(=O)N1C.[Au+]. The second kappa shape index (κ2) is 36.8. The zero-order valence-electron chi connectivity index (χ0n) is 56.4. The van der Waals surface area contributed by atoms with Gasteiger partial charge < -0.3 is 60.7 Å². The van der Waals surface area contributed by atoms with Gasteiger partial charge in [-0.25, -0.2) is 0 Å². The van der Waals surface area contributed by atoms with Crippen LogP contribution in [-0.4, -0.2) is 227 Å². The van der Waals surface area contributed by atoms with Gasteiger partial charge in [-0.05, 0) is 101 Å². The quantitative estimate of drug-likeness (QED) is 0.117. The molecule has 0 saturated carbocycles. The predicted octanol–water partition coefficient (Wildman–Crippen LogP) is 3.27. The molecule has 24 heteroatoms. The Morgan fingerprint density at radius 3 is 1.31 bits per heavy atom. The molecule has 1 aliphatic rings. The molecule has 0 aromatic heterocycles. The Morgan fingerprint density at radius 1 is 0.465 bits per heavy atom. The Balaban J connectivity index is 0.0000722. The monoisotopic (exact) mass is 1400 g/mol. The topological polar surface area (TPSA) is 279 Å². The molecule has 86 heavy (non-hydrogen) atoms. The first-order valence-electron chi connectivity index (χ1n) is 30.6. The second-order valence-corrected chi connectivity index (χ2v) is 26.1. The van der Waals surface area contributed by atoms with Crippen LogP contribution in [0.2, 0.25) is 0 Å². The number of hydrogen-bond donors (Lipinski definition) is 5. The molecule has 0 unspecified atom stereocenters. The van der Waals surface area contributed by atoms with Crippen molar-refractivity contribution in [3.63, 3.8) is 0 Å². The molecule has 12 atom stereocenters. The third-order valence-corrected chi connectivity index (χ3v) is 16.1. The predicted molar refractivity (Wildman–Crippen MR) is 328 cm³/mol. The number of nitrogens with one attached hydrogen (secondary N) is 4. The average molecular weight is 1400 g/mol. The number of aliphatic hydroxyl groups is 1. The van der Waals surface area contributed by atoms with Crippen LogP contribution in [-0.2, 0) is 75.1 Å². The van der Waals surface area contributed by atoms with E-state index in [4.69, 9.17) is 0 Å². The van der Waals surface area contributed by atoms with E-state index in [1.807, 2.05) is 61.5 Å². The first-order valence-corrected chi connectivity index (χ1v) is 30.6. The Labute approximate surface area is 530 Å². The Morgan fingerprint density at radius 2 is 0.872 bits per heavy atom. The van der Waals surface area contributed by atoms with Crippen LogP contribution in [0.5, 0.6) is 0 Å². The first-order chi connectivity index (χ1) is 39.2. The number of rotatable bonds is 15. The summed E-state index contributed by atoms with van der Waals surface area (Å²) in [5.74, 6) is -9.71. The third kappa shape index (κ3) is 22.6. The summed E-state index contributed by atoms with van der Waals surface area (Å²) in [5.41, 5.74) is 0. The van der Waals surface area contributed by atoms with Gasteiger partial charge in [0.2, 0.25) is 65.0 Å². The van der Waals surface area contributed by atoms with Crippen molar-refractivity contribution < 1.29 is 80.2 Å². The van der Waals surface area contributed by atoms with E-state index >= 15 is 9.59 Å². The van der Waals surface area contributed by atoms with Crippen molar-refractivity contribution in [3.8, 4) is 0 Å². The molecule has 0 aromatic carbocycles. The van der Waals surface area contributed by atoms with E-state index in [2.05, 4.69) is 21.3 Å². The van der Waals surface area contributed by atoms with E-state index in [1.54, 1.807) is 54.5 Å². The van der Waals surface area contributed by atoms with Crippen molar-refractivity contribution in [3.05, 3.63) is 12.2 Å². The molecule has 11 amide bonds. The number of aliphatic hydroxyl groups excluding tert-OH is 1. The van der Waals surface area contributed by atoms with Crippen molar-refractivity contribution >= 4 is 65.0 Å². The van der Waals surface area contributed by atoms with E-state index in [-0.39, 0.29) is 78.2 Å². The first kappa shape index (κ1) is 80.6. The van der Waals surface area contributed by atoms with Crippen molar-refractivity contribution in [2.24, 2.45) is 41.4 Å². The number of amides is 11. The molecule has 0 radical (unpaired) electrons. The van der Waals surface area contributed by atoms with Gasteiger partial charge in [-0.3, -0.25) is 52.7 Å². The van der Waals surface area contributed by atoms with Gasteiger partial charge in [0, 0.05) is 49.3 Å². The Bertz CT molecular complexity index is 2330. The van der Waals surface area contributed by atoms with E-state index in [9.17, 15) is 48.3 Å². The molecule has 1 heterocycles. The maximum Gasteiger partial charge on any atom is 1.00 e. The third-order valence-electron chi connectivity index (χ3n) is 16.1. The average Bonchev–Trinajstić information content (AvgIpc) is 3.35. The molecule has 0 aromatic rings. The Kier molecular flexibility index (Phi) is 34.5. The zero-order chi connectivity index (χ0) is 66.0. The Hall–Kier alpha value is -5.39. The van der Waals surface area contributed by atoms with Crippen LogP contribution >= 0.6 is 0 Å². The normalized spacial score (nSPS) is 26.6. The summed E-state index contributed by atoms with van der Waals surface area (Å²) < 4.78 is 0. The van der Waals surface area contributed by atoms with Gasteiger partial charge >= 0.3 is 22.4 Å². The molecule has 1 fully saturated rings. The number of likely N-dealkylation sites (N-methyl/N-ethyl adjacent to an activating group) is 7. The summed E-state index contributed by atoms with van der Waals surface area (Å²) in [4.78, 5) is 169. The summed E-state index contributed by atoms with van der Waals surface area (Å²) in [5, 5.41) is 23.1. The molecule has 23 nitrogen and oxygen atoms in total. The summed E-state index contributed by atoms with van der Waals surface area (Å²) in [7, 11) is 9.92. The summed E-state index contributed by atoms with van der Waals surface area (Å²) in [6.07, 6.45) is 3.04. The van der Waals surface area contributed by atoms with Gasteiger partial charge in [-0.15, -0.1) is 0 Å². The molecule has 1 saturated heterocycles. The van der Waals surface area contributed by atoms with Crippen molar-refractivity contribution in [2.45, 2.75) is 223 Å². The minimum absolute atomic E-state index is 0. The van der Waals surface area contributed by atoms with Gasteiger partial charge in [-0.2, -0.15) is 0 Å². The smallest absolute Gasteiger partial charge is 0.390 e. The number of nitrogens with zero attached hydrogens (tertiary/aromatic N) is 7. The van der Waals surface area contributed by atoms with Gasteiger partial charge in [-0.1, -0.05) is 109 Å². The second-order valence-electron chi connectivity index (χ2n) is 26.1. The number of allylic oxidation sites excluding steroid dienone is 2. The largest absolute Gasteiger partial charge is 1.00 e. The van der Waals surface area contributed by atoms with Gasteiger partial charge in [0.05, 0.1) is 12.6 Å². The number of carbonyl (C=O) groups excluding carboxylic acids is 11. The maximum absolute atomic E-state index is 15.1. The van der Waals surface area contributed by atoms with Crippen LogP contribution in [0, 0.1) is 41.4 Å². The molecule has 1 rings (SSSR count). The zero-order valence-corrected chi connectivity index (χ0v) is 58.5.